The quantitative estimate of drug-likeness (QED) is 0.720. The lowest BCUT2D eigenvalue weighted by molar-refractivity contribution is -0.00583. The number of benzene rings is 1. The maximum atomic E-state index is 13.0. The van der Waals surface area contributed by atoms with E-state index in [1.54, 1.807) is 10.9 Å². The molecule has 30 heavy (non-hydrogen) atoms. The first kappa shape index (κ1) is 18.8. The summed E-state index contributed by atoms with van der Waals surface area (Å²) >= 11 is 0. The number of piperidine rings is 1. The molecule has 0 radical (unpaired) electrons. The van der Waals surface area contributed by atoms with Crippen LogP contribution in [0.15, 0.2) is 30.6 Å². The predicted molar refractivity (Wildman–Crippen MR) is 111 cm³/mol. The molecule has 0 atom stereocenters. The van der Waals surface area contributed by atoms with Crippen LogP contribution in [0, 0.1) is 5.92 Å². The fraction of sp³-hybridized carbons (Fsp3) is 0.455. The molecule has 5 rings (SSSR count). The van der Waals surface area contributed by atoms with E-state index in [-0.39, 0.29) is 11.7 Å². The Balaban J connectivity index is 1.29. The Morgan fingerprint density at radius 3 is 2.87 bits per heavy atom. The summed E-state index contributed by atoms with van der Waals surface area (Å²) in [7, 11) is 0. The van der Waals surface area contributed by atoms with Crippen molar-refractivity contribution in [2.45, 2.75) is 45.3 Å². The van der Waals surface area contributed by atoms with Gasteiger partial charge in [-0.25, -0.2) is 0 Å². The highest BCUT2D eigenvalue weighted by Crippen LogP contribution is 2.39. The molecule has 3 aromatic rings. The van der Waals surface area contributed by atoms with Crippen molar-refractivity contribution in [1.29, 1.82) is 0 Å². The maximum absolute atomic E-state index is 13.0. The van der Waals surface area contributed by atoms with Crippen LogP contribution >= 0.6 is 0 Å². The van der Waals surface area contributed by atoms with E-state index in [9.17, 15) is 9.59 Å². The fourth-order valence-electron chi connectivity index (χ4n) is 4.44. The van der Waals surface area contributed by atoms with Crippen LogP contribution in [0.1, 0.15) is 54.0 Å². The molecule has 1 fully saturated rings. The lowest BCUT2D eigenvalue weighted by atomic mass is 9.83. The second-order valence-corrected chi connectivity index (χ2v) is 8.81. The van der Waals surface area contributed by atoms with Gasteiger partial charge in [-0.05, 0) is 24.1 Å². The van der Waals surface area contributed by atoms with E-state index in [1.807, 2.05) is 29.3 Å². The Kier molecular flexibility index (Phi) is 4.38. The van der Waals surface area contributed by atoms with Gasteiger partial charge < -0.3 is 9.64 Å². The number of rotatable bonds is 3. The highest BCUT2D eigenvalue weighted by Gasteiger charge is 2.45. The molecule has 2 aliphatic heterocycles. The highest BCUT2D eigenvalue weighted by molar-refractivity contribution is 5.99. The van der Waals surface area contributed by atoms with Crippen molar-refractivity contribution in [1.82, 2.24) is 24.9 Å². The maximum Gasteiger partial charge on any atom is 0.253 e. The number of ketones is 1. The van der Waals surface area contributed by atoms with Gasteiger partial charge in [0.25, 0.3) is 5.91 Å². The van der Waals surface area contributed by atoms with Crippen LogP contribution in [0.25, 0.3) is 10.9 Å². The number of carbonyl (C=O) groups is 2. The summed E-state index contributed by atoms with van der Waals surface area (Å²) in [5, 5.41) is 12.2. The van der Waals surface area contributed by atoms with Crippen molar-refractivity contribution in [3.8, 4) is 5.75 Å². The molecule has 2 aliphatic rings. The Bertz CT molecular complexity index is 1120. The third-order valence-electron chi connectivity index (χ3n) is 6.00. The van der Waals surface area contributed by atoms with Gasteiger partial charge in [-0.2, -0.15) is 10.2 Å². The van der Waals surface area contributed by atoms with Crippen LogP contribution in [-0.2, 0) is 6.54 Å². The molecule has 8 nitrogen and oxygen atoms in total. The third kappa shape index (κ3) is 3.26. The van der Waals surface area contributed by atoms with Gasteiger partial charge in [-0.1, -0.05) is 13.8 Å². The average molecular weight is 407 g/mol. The molecule has 0 saturated carbocycles. The zero-order valence-corrected chi connectivity index (χ0v) is 17.2. The Morgan fingerprint density at radius 1 is 1.30 bits per heavy atom. The van der Waals surface area contributed by atoms with Gasteiger partial charge in [-0.3, -0.25) is 19.4 Å². The van der Waals surface area contributed by atoms with Crippen LogP contribution in [0.5, 0.6) is 5.75 Å². The lowest BCUT2D eigenvalue weighted by Gasteiger charge is -2.43. The van der Waals surface area contributed by atoms with Crippen molar-refractivity contribution in [2.24, 2.45) is 5.92 Å². The van der Waals surface area contributed by atoms with Crippen molar-refractivity contribution in [2.75, 3.05) is 13.1 Å². The monoisotopic (exact) mass is 407 g/mol. The van der Waals surface area contributed by atoms with Gasteiger partial charge >= 0.3 is 0 Å². The van der Waals surface area contributed by atoms with Crippen LogP contribution in [0.4, 0.5) is 0 Å². The summed E-state index contributed by atoms with van der Waals surface area (Å²) in [6.07, 6.45) is 5.14. The summed E-state index contributed by atoms with van der Waals surface area (Å²) in [4.78, 5) is 27.6. The molecular formula is C22H25N5O3. The zero-order chi connectivity index (χ0) is 20.9. The van der Waals surface area contributed by atoms with Crippen LogP contribution in [0.2, 0.25) is 0 Å². The van der Waals surface area contributed by atoms with Gasteiger partial charge in [-0.15, -0.1) is 0 Å². The lowest BCUT2D eigenvalue weighted by Crippen LogP contribution is -2.52. The second kappa shape index (κ2) is 6.97. The molecule has 1 N–H and O–H groups in total. The third-order valence-corrected chi connectivity index (χ3v) is 6.00. The topological polar surface area (TPSA) is 93.1 Å². The molecule has 0 aliphatic carbocycles. The fourth-order valence-corrected chi connectivity index (χ4v) is 4.44. The molecule has 1 spiro atoms. The number of H-pyrrole nitrogens is 1. The van der Waals surface area contributed by atoms with Gasteiger partial charge in [0.1, 0.15) is 5.60 Å². The SMILES string of the molecule is CC(C)Cn1cc2c(n1)C(=O)CC1(CCN(C(=O)c3ccc4[nH]ncc4c3)CC1)O2. The smallest absolute Gasteiger partial charge is 0.253 e. The minimum Gasteiger partial charge on any atom is -0.483 e. The second-order valence-electron chi connectivity index (χ2n) is 8.81. The number of carbonyl (C=O) groups excluding carboxylic acids is 2. The normalized spacial score (nSPS) is 18.1. The molecule has 0 bridgehead atoms. The summed E-state index contributed by atoms with van der Waals surface area (Å²) < 4.78 is 8.12. The number of amides is 1. The summed E-state index contributed by atoms with van der Waals surface area (Å²) in [5.74, 6) is 1.05. The molecular weight excluding hydrogens is 382 g/mol. The van der Waals surface area contributed by atoms with E-state index in [4.69, 9.17) is 4.74 Å². The minimum atomic E-state index is -0.541. The molecule has 8 heteroatoms. The van der Waals surface area contributed by atoms with Crippen LogP contribution in [-0.4, -0.2) is 55.3 Å². The largest absolute Gasteiger partial charge is 0.483 e. The van der Waals surface area contributed by atoms with Crippen LogP contribution < -0.4 is 4.74 Å². The molecule has 156 valence electrons. The van der Waals surface area contributed by atoms with Gasteiger partial charge in [0.15, 0.2) is 17.2 Å². The van der Waals surface area contributed by atoms with E-state index < -0.39 is 5.60 Å². The molecule has 1 saturated heterocycles. The number of nitrogens with one attached hydrogen (secondary N) is 1. The number of hydrogen-bond donors (Lipinski definition) is 1. The van der Waals surface area contributed by atoms with Gasteiger partial charge in [0.2, 0.25) is 0 Å². The summed E-state index contributed by atoms with van der Waals surface area (Å²) in [6, 6.07) is 5.56. The minimum absolute atomic E-state index is 0.000489. The molecule has 0 unspecified atom stereocenters. The van der Waals surface area contributed by atoms with Gasteiger partial charge in [0.05, 0.1) is 24.3 Å². The number of likely N-dealkylation sites (tertiary alicyclic amines) is 1. The molecule has 4 heterocycles. The number of hydrogen-bond acceptors (Lipinski definition) is 5. The highest BCUT2D eigenvalue weighted by atomic mass is 16.5. The van der Waals surface area contributed by atoms with E-state index >= 15 is 0 Å². The Labute approximate surface area is 174 Å². The van der Waals surface area contributed by atoms with E-state index in [2.05, 4.69) is 29.1 Å². The summed E-state index contributed by atoms with van der Waals surface area (Å²) in [5.41, 5.74) is 1.46. The molecule has 2 aromatic heterocycles. The number of Topliss-reactive ketones (excluding diaryl/α,β-unsaturated/α-hetero) is 1. The zero-order valence-electron chi connectivity index (χ0n) is 17.2. The van der Waals surface area contributed by atoms with E-state index in [0.717, 1.165) is 17.4 Å². The number of aromatic amines is 1. The predicted octanol–water partition coefficient (Wildman–Crippen LogP) is 3.06. The number of nitrogens with zero attached hydrogens (tertiary/aromatic N) is 4. The van der Waals surface area contributed by atoms with Crippen molar-refractivity contribution >= 4 is 22.6 Å². The van der Waals surface area contributed by atoms with E-state index in [0.29, 0.717) is 55.3 Å². The number of fused-ring (bicyclic) bond motifs is 2. The first-order chi connectivity index (χ1) is 14.4. The molecule has 1 aromatic carbocycles. The summed E-state index contributed by atoms with van der Waals surface area (Å²) in [6.45, 7) is 6.10. The van der Waals surface area contributed by atoms with Crippen molar-refractivity contribution in [3.63, 3.8) is 0 Å². The van der Waals surface area contributed by atoms with E-state index in [1.165, 1.54) is 0 Å². The molecule has 1 amide bonds. The average Bonchev–Trinajstić information content (AvgIpc) is 3.33. The Morgan fingerprint density at radius 2 is 2.10 bits per heavy atom. The van der Waals surface area contributed by atoms with Crippen molar-refractivity contribution in [3.05, 3.63) is 41.9 Å². The number of ether oxygens (including phenoxy) is 1. The first-order valence-corrected chi connectivity index (χ1v) is 10.4. The Hall–Kier alpha value is -3.16. The van der Waals surface area contributed by atoms with Gasteiger partial charge in [0, 0.05) is 43.4 Å². The van der Waals surface area contributed by atoms with Crippen LogP contribution in [0.3, 0.4) is 0 Å². The standard InChI is InChI=1S/C22H25N5O3/c1-14(2)12-27-13-19-20(25-27)18(28)10-22(30-19)5-7-26(8-6-22)21(29)15-3-4-17-16(9-15)11-23-24-17/h3-4,9,11,13-14H,5-8,10,12H2,1-2H3,(H,23,24). The number of aromatic nitrogens is 4. The van der Waals surface area contributed by atoms with Crippen molar-refractivity contribution < 1.29 is 14.3 Å². The first-order valence-electron chi connectivity index (χ1n) is 10.4.